The molecule has 0 aliphatic rings. The van der Waals surface area contributed by atoms with Crippen molar-refractivity contribution in [3.8, 4) is 11.6 Å². The number of nitrogens with two attached hydrogens (primary N) is 1. The molecule has 1 aromatic heterocycles. The first-order chi connectivity index (χ1) is 8.56. The predicted octanol–water partition coefficient (Wildman–Crippen LogP) is 2.41. The second-order valence-corrected chi connectivity index (χ2v) is 3.66. The van der Waals surface area contributed by atoms with Crippen LogP contribution in [0.25, 0.3) is 0 Å². The van der Waals surface area contributed by atoms with Gasteiger partial charge in [-0.05, 0) is 6.07 Å². The molecular formula is C10H7ClN4O3. The molecule has 0 spiro atoms. The van der Waals surface area contributed by atoms with Gasteiger partial charge in [0.15, 0.2) is 0 Å². The van der Waals surface area contributed by atoms with Crippen molar-refractivity contribution < 1.29 is 9.66 Å². The van der Waals surface area contributed by atoms with E-state index in [1.165, 1.54) is 30.5 Å². The molecule has 0 amide bonds. The zero-order valence-electron chi connectivity index (χ0n) is 8.91. The molecule has 7 nitrogen and oxygen atoms in total. The summed E-state index contributed by atoms with van der Waals surface area (Å²) in [6.07, 6.45) is 1.38. The lowest BCUT2D eigenvalue weighted by molar-refractivity contribution is -0.385. The minimum Gasteiger partial charge on any atom is -0.432 e. The number of hydrogen-bond donors (Lipinski definition) is 1. The fraction of sp³-hybridized carbons (Fsp3) is 0. The Morgan fingerprint density at radius 1 is 1.39 bits per heavy atom. The molecule has 2 N–H and O–H groups in total. The molecule has 0 saturated carbocycles. The van der Waals surface area contributed by atoms with Gasteiger partial charge in [-0.25, -0.2) is 4.98 Å². The Kier molecular flexibility index (Phi) is 3.24. The summed E-state index contributed by atoms with van der Waals surface area (Å²) in [6, 6.07) is 5.42. The number of benzene rings is 1. The average molecular weight is 267 g/mol. The lowest BCUT2D eigenvalue weighted by Gasteiger charge is -2.05. The van der Waals surface area contributed by atoms with E-state index < -0.39 is 4.92 Å². The molecule has 1 heterocycles. The highest BCUT2D eigenvalue weighted by Gasteiger charge is 2.16. The number of halogens is 1. The van der Waals surface area contributed by atoms with Crippen molar-refractivity contribution >= 4 is 23.2 Å². The quantitative estimate of drug-likeness (QED) is 0.676. The summed E-state index contributed by atoms with van der Waals surface area (Å²) in [5.41, 5.74) is 5.17. The summed E-state index contributed by atoms with van der Waals surface area (Å²) in [5, 5.41) is 11.1. The Hall–Kier alpha value is -2.41. The van der Waals surface area contributed by atoms with Crippen LogP contribution >= 0.6 is 11.6 Å². The van der Waals surface area contributed by atoms with E-state index in [4.69, 9.17) is 22.1 Å². The fourth-order valence-corrected chi connectivity index (χ4v) is 1.41. The number of nitrogen functional groups attached to an aromatic ring is 1. The van der Waals surface area contributed by atoms with Gasteiger partial charge in [0.25, 0.3) is 0 Å². The normalized spacial score (nSPS) is 10.1. The molecular weight excluding hydrogens is 260 g/mol. The molecule has 0 aliphatic carbocycles. The lowest BCUT2D eigenvalue weighted by Crippen LogP contribution is -1.98. The van der Waals surface area contributed by atoms with Crippen LogP contribution in [0.2, 0.25) is 5.02 Å². The zero-order chi connectivity index (χ0) is 13.1. The van der Waals surface area contributed by atoms with Crippen LogP contribution in [0.5, 0.6) is 11.6 Å². The Morgan fingerprint density at radius 3 is 2.83 bits per heavy atom. The monoisotopic (exact) mass is 266 g/mol. The highest BCUT2D eigenvalue weighted by molar-refractivity contribution is 6.30. The van der Waals surface area contributed by atoms with Gasteiger partial charge in [0.2, 0.25) is 17.6 Å². The molecule has 0 saturated heterocycles. The molecule has 1 aromatic carbocycles. The van der Waals surface area contributed by atoms with Crippen molar-refractivity contribution in [1.82, 2.24) is 9.97 Å². The number of aromatic nitrogens is 2. The number of hydrogen-bond acceptors (Lipinski definition) is 6. The standard InChI is InChI=1S/C10H7ClN4O3/c11-6-1-2-7(15(16)17)8(5-6)18-9-3-4-13-10(12)14-9/h1-5H,(H2,12,13,14). The fourth-order valence-electron chi connectivity index (χ4n) is 1.25. The maximum atomic E-state index is 10.8. The Balaban J connectivity index is 2.39. The van der Waals surface area contributed by atoms with Crippen molar-refractivity contribution in [3.05, 3.63) is 45.6 Å². The molecule has 0 fully saturated rings. The first kappa shape index (κ1) is 12.1. The van der Waals surface area contributed by atoms with Gasteiger partial charge >= 0.3 is 5.69 Å². The molecule has 2 aromatic rings. The molecule has 18 heavy (non-hydrogen) atoms. The largest absolute Gasteiger partial charge is 0.432 e. The average Bonchev–Trinajstić information content (AvgIpc) is 2.28. The smallest absolute Gasteiger partial charge is 0.311 e. The Labute approximate surface area is 106 Å². The van der Waals surface area contributed by atoms with Crippen LogP contribution in [0.4, 0.5) is 11.6 Å². The van der Waals surface area contributed by atoms with Gasteiger partial charge in [-0.3, -0.25) is 10.1 Å². The van der Waals surface area contributed by atoms with Crippen LogP contribution in [0, 0.1) is 10.1 Å². The van der Waals surface area contributed by atoms with Crippen molar-refractivity contribution in [3.63, 3.8) is 0 Å². The number of nitro groups is 1. The predicted molar refractivity (Wildman–Crippen MR) is 64.6 cm³/mol. The summed E-state index contributed by atoms with van der Waals surface area (Å²) in [4.78, 5) is 17.7. The van der Waals surface area contributed by atoms with Gasteiger partial charge in [0.1, 0.15) is 0 Å². The van der Waals surface area contributed by atoms with Crippen LogP contribution in [-0.4, -0.2) is 14.9 Å². The van der Waals surface area contributed by atoms with Gasteiger partial charge in [-0.2, -0.15) is 4.98 Å². The zero-order valence-corrected chi connectivity index (χ0v) is 9.66. The van der Waals surface area contributed by atoms with Crippen LogP contribution in [0.15, 0.2) is 30.5 Å². The minimum atomic E-state index is -0.573. The van der Waals surface area contributed by atoms with Crippen molar-refractivity contribution in [2.24, 2.45) is 0 Å². The first-order valence-corrected chi connectivity index (χ1v) is 5.14. The maximum Gasteiger partial charge on any atom is 0.311 e. The van der Waals surface area contributed by atoms with Crippen LogP contribution < -0.4 is 10.5 Å². The number of ether oxygens (including phenoxy) is 1. The minimum absolute atomic E-state index is 0.00870. The van der Waals surface area contributed by atoms with Gasteiger partial charge in [0, 0.05) is 29.4 Å². The van der Waals surface area contributed by atoms with Crippen LogP contribution in [0.3, 0.4) is 0 Å². The SMILES string of the molecule is Nc1nccc(Oc2cc(Cl)ccc2[N+](=O)[O-])n1. The topological polar surface area (TPSA) is 104 Å². The molecule has 0 unspecified atom stereocenters. The third-order valence-corrected chi connectivity index (χ3v) is 2.22. The van der Waals surface area contributed by atoms with E-state index in [0.717, 1.165) is 0 Å². The van der Waals surface area contributed by atoms with E-state index in [-0.39, 0.29) is 23.3 Å². The third kappa shape index (κ3) is 2.64. The molecule has 8 heteroatoms. The number of nitro benzene ring substituents is 1. The van der Waals surface area contributed by atoms with E-state index in [0.29, 0.717) is 5.02 Å². The summed E-state index contributed by atoms with van der Waals surface area (Å²) in [7, 11) is 0. The van der Waals surface area contributed by atoms with Crippen LogP contribution in [0.1, 0.15) is 0 Å². The third-order valence-electron chi connectivity index (χ3n) is 1.98. The van der Waals surface area contributed by atoms with Crippen LogP contribution in [-0.2, 0) is 0 Å². The summed E-state index contributed by atoms with van der Waals surface area (Å²) in [5.74, 6) is 0.107. The molecule has 2 rings (SSSR count). The Bertz CT molecular complexity index is 605. The van der Waals surface area contributed by atoms with E-state index in [1.807, 2.05) is 0 Å². The maximum absolute atomic E-state index is 10.8. The van der Waals surface area contributed by atoms with E-state index in [2.05, 4.69) is 9.97 Å². The summed E-state index contributed by atoms with van der Waals surface area (Å²) < 4.78 is 5.28. The van der Waals surface area contributed by atoms with Gasteiger partial charge in [0.05, 0.1) is 4.92 Å². The van der Waals surface area contributed by atoms with E-state index in [1.54, 1.807) is 0 Å². The van der Waals surface area contributed by atoms with Gasteiger partial charge in [-0.1, -0.05) is 11.6 Å². The lowest BCUT2D eigenvalue weighted by atomic mass is 10.3. The summed E-state index contributed by atoms with van der Waals surface area (Å²) >= 11 is 5.76. The Morgan fingerprint density at radius 2 is 2.17 bits per heavy atom. The van der Waals surface area contributed by atoms with Gasteiger partial charge < -0.3 is 10.5 Å². The van der Waals surface area contributed by atoms with Crippen molar-refractivity contribution in [2.45, 2.75) is 0 Å². The molecule has 0 bridgehead atoms. The highest BCUT2D eigenvalue weighted by Crippen LogP contribution is 2.32. The first-order valence-electron chi connectivity index (χ1n) is 4.76. The second-order valence-electron chi connectivity index (χ2n) is 3.22. The van der Waals surface area contributed by atoms with Gasteiger partial charge in [-0.15, -0.1) is 0 Å². The molecule has 92 valence electrons. The number of anilines is 1. The van der Waals surface area contributed by atoms with Crippen molar-refractivity contribution in [1.29, 1.82) is 0 Å². The number of nitrogens with zero attached hydrogens (tertiary/aromatic N) is 3. The molecule has 0 radical (unpaired) electrons. The molecule has 0 atom stereocenters. The van der Waals surface area contributed by atoms with Crippen molar-refractivity contribution in [2.75, 3.05) is 5.73 Å². The number of rotatable bonds is 3. The van der Waals surface area contributed by atoms with E-state index in [9.17, 15) is 10.1 Å². The second kappa shape index (κ2) is 4.84. The summed E-state index contributed by atoms with van der Waals surface area (Å²) in [6.45, 7) is 0. The van der Waals surface area contributed by atoms with E-state index >= 15 is 0 Å². The highest BCUT2D eigenvalue weighted by atomic mass is 35.5. The molecule has 0 aliphatic heterocycles.